The second-order valence-electron chi connectivity index (χ2n) is 5.94. The van der Waals surface area contributed by atoms with E-state index in [0.29, 0.717) is 16.4 Å². The number of halogens is 1. The first-order valence-corrected chi connectivity index (χ1v) is 8.68. The molecule has 0 saturated carbocycles. The Labute approximate surface area is 161 Å². The van der Waals surface area contributed by atoms with Gasteiger partial charge in [0, 0.05) is 28.5 Å². The van der Waals surface area contributed by atoms with E-state index in [1.165, 1.54) is 12.3 Å². The molecule has 138 valence electrons. The minimum atomic E-state index is -0.247. The molecule has 0 unspecified atom stereocenters. The number of benzene rings is 1. The Morgan fingerprint density at radius 2 is 2.07 bits per heavy atom. The van der Waals surface area contributed by atoms with Crippen LogP contribution < -0.4 is 15.5 Å². The summed E-state index contributed by atoms with van der Waals surface area (Å²) in [5.41, 5.74) is 1.80. The quantitative estimate of drug-likeness (QED) is 0.707. The average molecular weight is 384 g/mol. The molecule has 0 fully saturated rings. The van der Waals surface area contributed by atoms with Gasteiger partial charge in [0.25, 0.3) is 0 Å². The lowest BCUT2D eigenvalue weighted by molar-refractivity contribution is -0.116. The Hall–Kier alpha value is -3.12. The van der Waals surface area contributed by atoms with Gasteiger partial charge in [-0.1, -0.05) is 29.8 Å². The van der Waals surface area contributed by atoms with Gasteiger partial charge in [-0.15, -0.1) is 0 Å². The number of hydrogen-bond acceptors (Lipinski definition) is 4. The molecule has 1 aromatic carbocycles. The number of aromatic nitrogens is 2. The Kier molecular flexibility index (Phi) is 5.88. The summed E-state index contributed by atoms with van der Waals surface area (Å²) in [6.45, 7) is 1.97. The van der Waals surface area contributed by atoms with Gasteiger partial charge in [0.1, 0.15) is 13.2 Å². The molecule has 2 aromatic heterocycles. The summed E-state index contributed by atoms with van der Waals surface area (Å²) < 4.78 is 7.30. The summed E-state index contributed by atoms with van der Waals surface area (Å²) in [5, 5.41) is 3.33. The first-order valence-electron chi connectivity index (χ1n) is 8.30. The molecule has 0 atom stereocenters. The van der Waals surface area contributed by atoms with Crippen molar-refractivity contribution in [3.63, 3.8) is 0 Å². The van der Waals surface area contributed by atoms with Crippen LogP contribution in [0.1, 0.15) is 11.3 Å². The van der Waals surface area contributed by atoms with Crippen molar-refractivity contribution < 1.29 is 9.53 Å². The maximum atomic E-state index is 12.3. The van der Waals surface area contributed by atoms with Gasteiger partial charge in [0.05, 0.1) is 18.1 Å². The zero-order valence-corrected chi connectivity index (χ0v) is 15.4. The number of hydrogen-bond donors (Lipinski definition) is 1. The van der Waals surface area contributed by atoms with Crippen LogP contribution in [0.4, 0.5) is 5.69 Å². The molecule has 7 heteroatoms. The molecule has 1 N–H and O–H groups in total. The van der Waals surface area contributed by atoms with Crippen LogP contribution in [0, 0.1) is 6.92 Å². The Morgan fingerprint density at radius 3 is 2.81 bits per heavy atom. The van der Waals surface area contributed by atoms with Gasteiger partial charge in [-0.05, 0) is 25.1 Å². The lowest BCUT2D eigenvalue weighted by atomic mass is 10.2. The van der Waals surface area contributed by atoms with Crippen molar-refractivity contribution in [2.45, 2.75) is 20.1 Å². The normalized spacial score (nSPS) is 10.4. The molecule has 1 amide bonds. The fourth-order valence-electron chi connectivity index (χ4n) is 2.49. The summed E-state index contributed by atoms with van der Waals surface area (Å²) >= 11 is 6.11. The Balaban J connectivity index is 1.72. The number of nitrogens with one attached hydrogen (secondary N) is 1. The third-order valence-corrected chi connectivity index (χ3v) is 4.28. The second-order valence-corrected chi connectivity index (χ2v) is 6.35. The summed E-state index contributed by atoms with van der Waals surface area (Å²) in [5.74, 6) is -0.0681. The topological polar surface area (TPSA) is 73.2 Å². The predicted molar refractivity (Wildman–Crippen MR) is 104 cm³/mol. The lowest BCUT2D eigenvalue weighted by Crippen LogP contribution is -2.22. The fourth-order valence-corrected chi connectivity index (χ4v) is 2.68. The number of carbonyl (C=O) groups excluding carboxylic acids is 1. The summed E-state index contributed by atoms with van der Waals surface area (Å²) in [4.78, 5) is 28.4. The number of anilines is 1. The highest BCUT2D eigenvalue weighted by Gasteiger charge is 2.10. The van der Waals surface area contributed by atoms with Crippen LogP contribution in [0.3, 0.4) is 0 Å². The van der Waals surface area contributed by atoms with Crippen LogP contribution in [-0.2, 0) is 17.9 Å². The third-order valence-electron chi connectivity index (χ3n) is 3.91. The van der Waals surface area contributed by atoms with Crippen LogP contribution in [0.2, 0.25) is 5.02 Å². The van der Waals surface area contributed by atoms with Crippen molar-refractivity contribution in [3.05, 3.63) is 87.6 Å². The zero-order valence-electron chi connectivity index (χ0n) is 14.7. The van der Waals surface area contributed by atoms with E-state index < -0.39 is 0 Å². The number of rotatable bonds is 6. The molecule has 0 aliphatic heterocycles. The molecule has 3 aromatic rings. The summed E-state index contributed by atoms with van der Waals surface area (Å²) in [6, 6.07) is 12.2. The molecule has 0 saturated heterocycles. The van der Waals surface area contributed by atoms with E-state index in [4.69, 9.17) is 16.3 Å². The number of pyridine rings is 2. The average Bonchev–Trinajstić information content (AvgIpc) is 2.65. The smallest absolute Gasteiger partial charge is 0.244 e. The number of nitrogens with zero attached hydrogens (tertiary/aromatic N) is 2. The largest absolute Gasteiger partial charge is 0.483 e. The molecular formula is C20H18ClN3O3. The first kappa shape index (κ1) is 18.7. The van der Waals surface area contributed by atoms with Crippen molar-refractivity contribution >= 4 is 23.2 Å². The zero-order chi connectivity index (χ0) is 19.2. The first-order chi connectivity index (χ1) is 13.0. The van der Waals surface area contributed by atoms with Crippen LogP contribution in [-0.4, -0.2) is 15.5 Å². The molecule has 2 heterocycles. The number of amides is 1. The molecule has 0 aliphatic rings. The van der Waals surface area contributed by atoms with Gasteiger partial charge in [-0.25, -0.2) is 0 Å². The summed E-state index contributed by atoms with van der Waals surface area (Å²) in [6.07, 6.45) is 4.73. The van der Waals surface area contributed by atoms with Crippen molar-refractivity contribution in [1.29, 1.82) is 0 Å². The monoisotopic (exact) mass is 383 g/mol. The van der Waals surface area contributed by atoms with Crippen LogP contribution in [0.15, 0.2) is 65.8 Å². The Bertz CT molecular complexity index is 1000. The molecule has 0 spiro atoms. The summed E-state index contributed by atoms with van der Waals surface area (Å²) in [7, 11) is 0. The highest BCUT2D eigenvalue weighted by Crippen LogP contribution is 2.17. The second kappa shape index (κ2) is 8.51. The van der Waals surface area contributed by atoms with Gasteiger partial charge < -0.3 is 14.6 Å². The minimum absolute atomic E-state index is 0.0451. The molecule has 3 rings (SSSR count). The maximum absolute atomic E-state index is 12.3. The fraction of sp³-hybridized carbons (Fsp3) is 0.150. The van der Waals surface area contributed by atoms with E-state index >= 15 is 0 Å². The maximum Gasteiger partial charge on any atom is 0.244 e. The number of carbonyl (C=O) groups is 1. The van der Waals surface area contributed by atoms with Crippen molar-refractivity contribution in [2.24, 2.45) is 0 Å². The van der Waals surface area contributed by atoms with Crippen LogP contribution >= 0.6 is 11.6 Å². The van der Waals surface area contributed by atoms with E-state index in [0.717, 1.165) is 5.56 Å². The molecule has 27 heavy (non-hydrogen) atoms. The molecule has 6 nitrogen and oxygen atoms in total. The number of aryl methyl sites for hydroxylation is 1. The van der Waals surface area contributed by atoms with E-state index in [-0.39, 0.29) is 30.2 Å². The van der Waals surface area contributed by atoms with Gasteiger partial charge in [-0.3, -0.25) is 14.6 Å². The van der Waals surface area contributed by atoms with E-state index in [2.05, 4.69) is 10.3 Å². The van der Waals surface area contributed by atoms with E-state index in [1.54, 1.807) is 42.1 Å². The Morgan fingerprint density at radius 1 is 1.26 bits per heavy atom. The minimum Gasteiger partial charge on any atom is -0.483 e. The van der Waals surface area contributed by atoms with Crippen molar-refractivity contribution in [3.8, 4) is 5.75 Å². The standard InChI is InChI=1S/C20H18ClN3O3/c1-14-9-18(25)19(27-13-15-5-2-3-7-17(15)21)11-24(14)12-20(26)23-16-6-4-8-22-10-16/h2-11H,12-13H2,1H3,(H,23,26). The van der Waals surface area contributed by atoms with E-state index in [1.807, 2.05) is 18.2 Å². The highest BCUT2D eigenvalue weighted by molar-refractivity contribution is 6.31. The number of ether oxygens (including phenoxy) is 1. The van der Waals surface area contributed by atoms with Crippen LogP contribution in [0.25, 0.3) is 0 Å². The highest BCUT2D eigenvalue weighted by atomic mass is 35.5. The molecule has 0 radical (unpaired) electrons. The van der Waals surface area contributed by atoms with Crippen molar-refractivity contribution in [2.75, 3.05) is 5.32 Å². The molecular weight excluding hydrogens is 366 g/mol. The van der Waals surface area contributed by atoms with Crippen molar-refractivity contribution in [1.82, 2.24) is 9.55 Å². The molecule has 0 bridgehead atoms. The molecule has 0 aliphatic carbocycles. The SMILES string of the molecule is Cc1cc(=O)c(OCc2ccccc2Cl)cn1CC(=O)Nc1cccnc1. The van der Waals surface area contributed by atoms with Gasteiger partial charge in [0.2, 0.25) is 11.3 Å². The van der Waals surface area contributed by atoms with Gasteiger partial charge >= 0.3 is 0 Å². The predicted octanol–water partition coefficient (Wildman–Crippen LogP) is 3.42. The van der Waals surface area contributed by atoms with Gasteiger partial charge in [0.15, 0.2) is 5.75 Å². The van der Waals surface area contributed by atoms with Gasteiger partial charge in [-0.2, -0.15) is 0 Å². The van der Waals surface area contributed by atoms with Crippen LogP contribution in [0.5, 0.6) is 5.75 Å². The van der Waals surface area contributed by atoms with E-state index in [9.17, 15) is 9.59 Å². The third kappa shape index (κ3) is 4.95. The lowest BCUT2D eigenvalue weighted by Gasteiger charge is -2.13.